The zero-order valence-electron chi connectivity index (χ0n) is 9.86. The maximum Gasteiger partial charge on any atom is 0.401 e. The molecule has 19 heavy (non-hydrogen) atoms. The van der Waals surface area contributed by atoms with E-state index < -0.39 is 12.7 Å². The number of nitrogens with zero attached hydrogens (tertiary/aromatic N) is 5. The first kappa shape index (κ1) is 14.1. The van der Waals surface area contributed by atoms with Gasteiger partial charge in [-0.25, -0.2) is 0 Å². The molecule has 6 nitrogen and oxygen atoms in total. The molecule has 0 radical (unpaired) electrons. The monoisotopic (exact) mass is 296 g/mol. The number of rotatable bonds is 2. The van der Waals surface area contributed by atoms with Crippen molar-refractivity contribution < 1.29 is 13.2 Å². The summed E-state index contributed by atoms with van der Waals surface area (Å²) in [5.41, 5.74) is 5.44. The van der Waals surface area contributed by atoms with Crippen LogP contribution in [0.25, 0.3) is 0 Å². The molecule has 0 amide bonds. The number of piperazine rings is 1. The quantitative estimate of drug-likeness (QED) is 0.870. The average molecular weight is 297 g/mol. The van der Waals surface area contributed by atoms with Gasteiger partial charge in [0.2, 0.25) is 17.2 Å². The van der Waals surface area contributed by atoms with Gasteiger partial charge in [0.05, 0.1) is 6.54 Å². The highest BCUT2D eigenvalue weighted by Gasteiger charge is 2.32. The van der Waals surface area contributed by atoms with E-state index in [-0.39, 0.29) is 24.3 Å². The Morgan fingerprint density at radius 3 is 2.26 bits per heavy atom. The summed E-state index contributed by atoms with van der Waals surface area (Å²) < 4.78 is 36.7. The molecule has 1 aromatic heterocycles. The minimum absolute atomic E-state index is 0.00674. The molecule has 0 aliphatic carbocycles. The first-order valence-corrected chi connectivity index (χ1v) is 5.92. The normalized spacial score (nSPS) is 17.8. The SMILES string of the molecule is Nc1nc(Cl)nc(N2CCN(CC(F)(F)F)CC2)n1. The fraction of sp³-hybridized carbons (Fsp3) is 0.667. The van der Waals surface area contributed by atoms with E-state index in [0.29, 0.717) is 19.0 Å². The van der Waals surface area contributed by atoms with Crippen LogP contribution < -0.4 is 10.6 Å². The van der Waals surface area contributed by atoms with Gasteiger partial charge in [-0.1, -0.05) is 0 Å². The molecule has 1 aliphatic rings. The number of hydrogen-bond acceptors (Lipinski definition) is 6. The Bertz CT molecular complexity index is 426. The molecule has 0 aromatic carbocycles. The van der Waals surface area contributed by atoms with Crippen LogP contribution in [0.2, 0.25) is 5.28 Å². The summed E-state index contributed by atoms with van der Waals surface area (Å²) in [6.45, 7) is 0.429. The summed E-state index contributed by atoms with van der Waals surface area (Å²) in [5, 5.41) is -0.0276. The van der Waals surface area contributed by atoms with Gasteiger partial charge >= 0.3 is 6.18 Å². The van der Waals surface area contributed by atoms with Gasteiger partial charge in [-0.05, 0) is 11.6 Å². The van der Waals surface area contributed by atoms with Crippen LogP contribution >= 0.6 is 11.6 Å². The summed E-state index contributed by atoms with van der Waals surface area (Å²) >= 11 is 5.66. The topological polar surface area (TPSA) is 71.2 Å². The van der Waals surface area contributed by atoms with Crippen molar-refractivity contribution in [1.82, 2.24) is 19.9 Å². The number of hydrogen-bond donors (Lipinski definition) is 1. The zero-order valence-corrected chi connectivity index (χ0v) is 10.6. The molecule has 1 fully saturated rings. The maximum atomic E-state index is 12.2. The van der Waals surface area contributed by atoms with Crippen LogP contribution in [-0.4, -0.2) is 58.8 Å². The van der Waals surface area contributed by atoms with Crippen LogP contribution in [-0.2, 0) is 0 Å². The molecule has 106 valence electrons. The first-order valence-electron chi connectivity index (χ1n) is 5.54. The Labute approximate surface area is 112 Å². The van der Waals surface area contributed by atoms with Crippen LogP contribution in [0, 0.1) is 0 Å². The summed E-state index contributed by atoms with van der Waals surface area (Å²) in [5.74, 6) is 0.289. The lowest BCUT2D eigenvalue weighted by Crippen LogP contribution is -2.49. The number of halogens is 4. The fourth-order valence-electron chi connectivity index (χ4n) is 1.86. The Balaban J connectivity index is 1.96. The third-order valence-electron chi connectivity index (χ3n) is 2.67. The van der Waals surface area contributed by atoms with E-state index in [1.807, 2.05) is 0 Å². The number of nitrogen functional groups attached to an aromatic ring is 1. The highest BCUT2D eigenvalue weighted by atomic mass is 35.5. The van der Waals surface area contributed by atoms with Crippen molar-refractivity contribution in [3.63, 3.8) is 0 Å². The summed E-state index contributed by atoms with van der Waals surface area (Å²) in [7, 11) is 0. The van der Waals surface area contributed by atoms with E-state index in [2.05, 4.69) is 15.0 Å². The van der Waals surface area contributed by atoms with E-state index in [0.717, 1.165) is 0 Å². The molecule has 10 heteroatoms. The summed E-state index contributed by atoms with van der Waals surface area (Å²) in [6.07, 6.45) is -4.18. The minimum Gasteiger partial charge on any atom is -0.368 e. The summed E-state index contributed by atoms with van der Waals surface area (Å²) in [4.78, 5) is 14.5. The zero-order chi connectivity index (χ0) is 14.0. The van der Waals surface area contributed by atoms with Gasteiger partial charge < -0.3 is 10.6 Å². The molecule has 1 aromatic rings. The van der Waals surface area contributed by atoms with Crippen LogP contribution in [0.4, 0.5) is 25.1 Å². The van der Waals surface area contributed by atoms with Gasteiger partial charge in [0.25, 0.3) is 0 Å². The number of aromatic nitrogens is 3. The Kier molecular flexibility index (Phi) is 3.95. The number of anilines is 2. The van der Waals surface area contributed by atoms with Crippen molar-refractivity contribution in [2.45, 2.75) is 6.18 Å². The molecule has 2 rings (SSSR count). The van der Waals surface area contributed by atoms with Crippen LogP contribution in [0.1, 0.15) is 0 Å². The molecule has 1 aliphatic heterocycles. The van der Waals surface area contributed by atoms with E-state index in [9.17, 15) is 13.2 Å². The predicted molar refractivity (Wildman–Crippen MR) is 64.0 cm³/mol. The van der Waals surface area contributed by atoms with Crippen molar-refractivity contribution >= 4 is 23.5 Å². The lowest BCUT2D eigenvalue weighted by molar-refractivity contribution is -0.146. The van der Waals surface area contributed by atoms with Crippen molar-refractivity contribution in [1.29, 1.82) is 0 Å². The van der Waals surface area contributed by atoms with Crippen LogP contribution in [0.15, 0.2) is 0 Å². The second-order valence-corrected chi connectivity index (χ2v) is 4.48. The second-order valence-electron chi connectivity index (χ2n) is 4.14. The highest BCUT2D eigenvalue weighted by molar-refractivity contribution is 6.28. The Morgan fingerprint density at radius 2 is 1.74 bits per heavy atom. The molecule has 2 N–H and O–H groups in total. The molecule has 0 spiro atoms. The van der Waals surface area contributed by atoms with Gasteiger partial charge in [0, 0.05) is 26.2 Å². The fourth-order valence-corrected chi connectivity index (χ4v) is 2.02. The average Bonchev–Trinajstić information content (AvgIpc) is 2.26. The predicted octanol–water partition coefficient (Wildman–Crippen LogP) is 0.791. The van der Waals surface area contributed by atoms with Crippen molar-refractivity contribution in [3.05, 3.63) is 5.28 Å². The smallest absolute Gasteiger partial charge is 0.368 e. The molecule has 0 unspecified atom stereocenters. The number of nitrogens with two attached hydrogens (primary N) is 1. The summed E-state index contributed by atoms with van der Waals surface area (Å²) in [6, 6.07) is 0. The second kappa shape index (κ2) is 5.33. The highest BCUT2D eigenvalue weighted by Crippen LogP contribution is 2.19. The molecular formula is C9H12ClF3N6. The van der Waals surface area contributed by atoms with Gasteiger partial charge in [0.15, 0.2) is 0 Å². The van der Waals surface area contributed by atoms with Crippen molar-refractivity contribution in [2.24, 2.45) is 0 Å². The number of alkyl halides is 3. The van der Waals surface area contributed by atoms with E-state index in [1.165, 1.54) is 4.90 Å². The van der Waals surface area contributed by atoms with Crippen molar-refractivity contribution in [3.8, 4) is 0 Å². The molecule has 0 saturated carbocycles. The largest absolute Gasteiger partial charge is 0.401 e. The van der Waals surface area contributed by atoms with Crippen LogP contribution in [0.3, 0.4) is 0 Å². The lowest BCUT2D eigenvalue weighted by atomic mass is 10.3. The van der Waals surface area contributed by atoms with Crippen molar-refractivity contribution in [2.75, 3.05) is 43.4 Å². The van der Waals surface area contributed by atoms with Gasteiger partial charge in [-0.3, -0.25) is 4.90 Å². The van der Waals surface area contributed by atoms with Gasteiger partial charge in [0.1, 0.15) is 0 Å². The van der Waals surface area contributed by atoms with Gasteiger partial charge in [-0.2, -0.15) is 28.1 Å². The minimum atomic E-state index is -4.18. The molecule has 0 atom stereocenters. The Hall–Kier alpha value is -1.35. The van der Waals surface area contributed by atoms with Crippen LogP contribution in [0.5, 0.6) is 0 Å². The standard InChI is InChI=1S/C9H12ClF3N6/c10-6-15-7(14)17-8(16-6)19-3-1-18(2-4-19)5-9(11,12)13/h1-5H2,(H2,14,15,16,17). The third-order valence-corrected chi connectivity index (χ3v) is 2.84. The van der Waals surface area contributed by atoms with E-state index in [1.54, 1.807) is 4.90 Å². The Morgan fingerprint density at radius 1 is 1.11 bits per heavy atom. The lowest BCUT2D eigenvalue weighted by Gasteiger charge is -2.34. The molecule has 2 heterocycles. The first-order chi connectivity index (χ1) is 8.83. The maximum absolute atomic E-state index is 12.2. The third kappa shape index (κ3) is 4.06. The molecule has 0 bridgehead atoms. The van der Waals surface area contributed by atoms with Gasteiger partial charge in [-0.15, -0.1) is 0 Å². The molecular weight excluding hydrogens is 285 g/mol. The van der Waals surface area contributed by atoms with E-state index >= 15 is 0 Å². The van der Waals surface area contributed by atoms with E-state index in [4.69, 9.17) is 17.3 Å². The molecule has 1 saturated heterocycles.